The SMILES string of the molecule is N=Cc1c(Nc2cccc(C(F)(F)F)c2)nc(NC2CNC(=O)C2)nc1N1CC(CC(=O)N2CCOCC2)C1. The zero-order valence-corrected chi connectivity index (χ0v) is 21.1. The zero-order valence-electron chi connectivity index (χ0n) is 21.1. The van der Waals surface area contributed by atoms with E-state index in [1.54, 1.807) is 4.90 Å². The third-order valence-corrected chi connectivity index (χ3v) is 6.92. The Morgan fingerprint density at radius 1 is 1.23 bits per heavy atom. The number of ether oxygens (including phenoxy) is 1. The van der Waals surface area contributed by atoms with Gasteiger partial charge in [-0.2, -0.15) is 23.1 Å². The molecule has 0 saturated carbocycles. The normalized spacial score (nSPS) is 19.9. The van der Waals surface area contributed by atoms with Crippen LogP contribution in [-0.2, 0) is 20.5 Å². The molecule has 4 N–H and O–H groups in total. The van der Waals surface area contributed by atoms with Gasteiger partial charge in [0.05, 0.1) is 30.4 Å². The maximum Gasteiger partial charge on any atom is 0.416 e. The Kier molecular flexibility index (Phi) is 7.55. The van der Waals surface area contributed by atoms with Crippen LogP contribution in [0.25, 0.3) is 0 Å². The summed E-state index contributed by atoms with van der Waals surface area (Å²) in [7, 11) is 0. The van der Waals surface area contributed by atoms with Crippen LogP contribution in [0.1, 0.15) is 24.0 Å². The van der Waals surface area contributed by atoms with E-state index in [9.17, 15) is 22.8 Å². The van der Waals surface area contributed by atoms with Crippen LogP contribution in [0.2, 0.25) is 0 Å². The van der Waals surface area contributed by atoms with Gasteiger partial charge in [-0.1, -0.05) is 6.07 Å². The number of nitrogens with zero attached hydrogens (tertiary/aromatic N) is 4. The molecule has 14 heteroatoms. The molecule has 1 unspecified atom stereocenters. The van der Waals surface area contributed by atoms with Crippen LogP contribution in [0.4, 0.5) is 36.4 Å². The molecule has 2 aromatic rings. The predicted molar refractivity (Wildman–Crippen MR) is 137 cm³/mol. The minimum absolute atomic E-state index is 0.0746. The zero-order chi connectivity index (χ0) is 27.6. The molecule has 3 fully saturated rings. The molecular weight excluding hydrogens is 517 g/mol. The Morgan fingerprint density at radius 2 is 2.00 bits per heavy atom. The number of benzene rings is 1. The Hall–Kier alpha value is -3.94. The number of carbonyl (C=O) groups is 2. The van der Waals surface area contributed by atoms with E-state index in [1.165, 1.54) is 12.1 Å². The average molecular weight is 547 g/mol. The fourth-order valence-corrected chi connectivity index (χ4v) is 4.85. The van der Waals surface area contributed by atoms with Crippen LogP contribution < -0.4 is 20.9 Å². The van der Waals surface area contributed by atoms with E-state index in [1.807, 2.05) is 4.90 Å². The van der Waals surface area contributed by atoms with Gasteiger partial charge in [0.15, 0.2) is 0 Å². The van der Waals surface area contributed by atoms with Crippen molar-refractivity contribution in [1.82, 2.24) is 20.2 Å². The van der Waals surface area contributed by atoms with Crippen LogP contribution in [-0.4, -0.2) is 84.9 Å². The summed E-state index contributed by atoms with van der Waals surface area (Å²) in [5.74, 6) is 0.819. The quantitative estimate of drug-likeness (QED) is 0.370. The lowest BCUT2D eigenvalue weighted by Gasteiger charge is -2.41. The molecule has 2 amide bonds. The molecule has 5 rings (SSSR count). The van der Waals surface area contributed by atoms with Crippen molar-refractivity contribution in [3.63, 3.8) is 0 Å². The third kappa shape index (κ3) is 6.21. The number of aromatic nitrogens is 2. The molecule has 1 aromatic heterocycles. The summed E-state index contributed by atoms with van der Waals surface area (Å²) in [5.41, 5.74) is -0.363. The van der Waals surface area contributed by atoms with Crippen molar-refractivity contribution in [2.75, 3.05) is 61.5 Å². The summed E-state index contributed by atoms with van der Waals surface area (Å²) in [4.78, 5) is 37.1. The topological polar surface area (TPSA) is 136 Å². The molecule has 0 spiro atoms. The van der Waals surface area contributed by atoms with Gasteiger partial charge in [-0.3, -0.25) is 9.59 Å². The minimum atomic E-state index is -4.51. The van der Waals surface area contributed by atoms with E-state index < -0.39 is 11.7 Å². The maximum atomic E-state index is 13.3. The van der Waals surface area contributed by atoms with Gasteiger partial charge in [0.2, 0.25) is 17.8 Å². The monoisotopic (exact) mass is 546 g/mol. The van der Waals surface area contributed by atoms with Crippen LogP contribution >= 0.6 is 0 Å². The van der Waals surface area contributed by atoms with Crippen LogP contribution in [0.15, 0.2) is 24.3 Å². The molecule has 4 heterocycles. The summed E-state index contributed by atoms with van der Waals surface area (Å²) in [6.45, 7) is 3.67. The lowest BCUT2D eigenvalue weighted by Crippen LogP contribution is -2.50. The van der Waals surface area contributed by atoms with Gasteiger partial charge < -0.3 is 35.9 Å². The first-order chi connectivity index (χ1) is 18.7. The van der Waals surface area contributed by atoms with E-state index in [0.717, 1.165) is 18.3 Å². The summed E-state index contributed by atoms with van der Waals surface area (Å²) in [5, 5.41) is 16.8. The number of morpholine rings is 1. The van der Waals surface area contributed by atoms with Crippen molar-refractivity contribution in [2.45, 2.75) is 25.1 Å². The first kappa shape index (κ1) is 26.7. The number of anilines is 4. The number of alkyl halides is 3. The van der Waals surface area contributed by atoms with E-state index in [4.69, 9.17) is 10.1 Å². The fourth-order valence-electron chi connectivity index (χ4n) is 4.85. The van der Waals surface area contributed by atoms with Crippen LogP contribution in [0.3, 0.4) is 0 Å². The van der Waals surface area contributed by atoms with Crippen molar-refractivity contribution < 1.29 is 27.5 Å². The van der Waals surface area contributed by atoms with Crippen molar-refractivity contribution >= 4 is 41.3 Å². The molecular formula is C25H29F3N8O3. The number of rotatable bonds is 8. The number of carbonyl (C=O) groups excluding carboxylic acids is 2. The van der Waals surface area contributed by atoms with Gasteiger partial charge in [0, 0.05) is 63.4 Å². The summed E-state index contributed by atoms with van der Waals surface area (Å²) in [6.07, 6.45) is -2.84. The second-order valence-electron chi connectivity index (χ2n) is 9.80. The van der Waals surface area contributed by atoms with Gasteiger partial charge in [-0.15, -0.1) is 0 Å². The first-order valence-corrected chi connectivity index (χ1v) is 12.7. The molecule has 1 atom stereocenters. The Labute approximate surface area is 222 Å². The van der Waals surface area contributed by atoms with Gasteiger partial charge in [-0.05, 0) is 18.2 Å². The molecule has 1 aromatic carbocycles. The van der Waals surface area contributed by atoms with E-state index in [2.05, 4.69) is 25.9 Å². The molecule has 0 radical (unpaired) electrons. The van der Waals surface area contributed by atoms with Crippen molar-refractivity contribution in [3.05, 3.63) is 35.4 Å². The van der Waals surface area contributed by atoms with E-state index in [0.29, 0.717) is 63.7 Å². The summed E-state index contributed by atoms with van der Waals surface area (Å²) >= 11 is 0. The molecule has 39 heavy (non-hydrogen) atoms. The summed E-state index contributed by atoms with van der Waals surface area (Å²) in [6, 6.07) is 4.46. The molecule has 3 aliphatic rings. The smallest absolute Gasteiger partial charge is 0.378 e. The van der Waals surface area contributed by atoms with Gasteiger partial charge in [0.1, 0.15) is 11.6 Å². The molecule has 11 nitrogen and oxygen atoms in total. The van der Waals surface area contributed by atoms with E-state index >= 15 is 0 Å². The van der Waals surface area contributed by atoms with Gasteiger partial charge in [0.25, 0.3) is 0 Å². The Morgan fingerprint density at radius 3 is 2.67 bits per heavy atom. The first-order valence-electron chi connectivity index (χ1n) is 12.7. The lowest BCUT2D eigenvalue weighted by molar-refractivity contribution is -0.138. The average Bonchev–Trinajstić information content (AvgIpc) is 3.30. The molecule has 3 saturated heterocycles. The number of hydrogen-bond donors (Lipinski definition) is 4. The maximum absolute atomic E-state index is 13.3. The number of hydrogen-bond acceptors (Lipinski definition) is 9. The molecule has 0 bridgehead atoms. The Bertz CT molecular complexity index is 1250. The standard InChI is InChI=1S/C25H29F3N8O3/c26-25(27,28)16-2-1-3-17(9-16)31-22-19(11-29)23(34-24(33-22)32-18-10-20(37)30-12-18)36-13-15(14-36)8-21(38)35-4-6-39-7-5-35/h1-3,9,11,15,18,29H,4-8,10,12-14H2,(H,30,37)(H2,31,32,33,34). The second-order valence-corrected chi connectivity index (χ2v) is 9.80. The lowest BCUT2D eigenvalue weighted by atomic mass is 9.95. The predicted octanol–water partition coefficient (Wildman–Crippen LogP) is 2.22. The molecule has 0 aliphatic carbocycles. The van der Waals surface area contributed by atoms with Gasteiger partial charge >= 0.3 is 6.18 Å². The minimum Gasteiger partial charge on any atom is -0.378 e. The number of halogens is 3. The highest BCUT2D eigenvalue weighted by atomic mass is 19.4. The number of nitrogens with one attached hydrogen (secondary N) is 4. The largest absolute Gasteiger partial charge is 0.416 e. The van der Waals surface area contributed by atoms with Crippen molar-refractivity contribution in [3.8, 4) is 0 Å². The molecule has 208 valence electrons. The highest BCUT2D eigenvalue weighted by Crippen LogP contribution is 2.35. The Balaban J connectivity index is 1.37. The van der Waals surface area contributed by atoms with Gasteiger partial charge in [-0.25, -0.2) is 0 Å². The van der Waals surface area contributed by atoms with Crippen LogP contribution in [0, 0.1) is 11.3 Å². The van der Waals surface area contributed by atoms with Crippen molar-refractivity contribution in [1.29, 1.82) is 5.41 Å². The fraction of sp³-hybridized carbons (Fsp3) is 0.480. The summed E-state index contributed by atoms with van der Waals surface area (Å²) < 4.78 is 45.1. The van der Waals surface area contributed by atoms with E-state index in [-0.39, 0.29) is 47.6 Å². The highest BCUT2D eigenvalue weighted by Gasteiger charge is 2.34. The van der Waals surface area contributed by atoms with Crippen molar-refractivity contribution in [2.24, 2.45) is 5.92 Å². The number of amides is 2. The van der Waals surface area contributed by atoms with Crippen LogP contribution in [0.5, 0.6) is 0 Å². The second kappa shape index (κ2) is 11.0. The highest BCUT2D eigenvalue weighted by molar-refractivity contribution is 5.93. The molecule has 3 aliphatic heterocycles. The third-order valence-electron chi connectivity index (χ3n) is 6.92.